The van der Waals surface area contributed by atoms with Crippen LogP contribution in [0.15, 0.2) is 33.6 Å². The molecule has 0 aromatic heterocycles. The number of benzene rings is 1. The largest absolute Gasteiger partial charge is 1.00 e. The van der Waals surface area contributed by atoms with Crippen molar-refractivity contribution in [3.05, 3.63) is 28.7 Å². The summed E-state index contributed by atoms with van der Waals surface area (Å²) in [6, 6.07) is 7.64. The molecule has 0 amide bonds. The van der Waals surface area contributed by atoms with Crippen molar-refractivity contribution in [2.75, 3.05) is 0 Å². The molecule has 1 aromatic rings. The Balaban J connectivity index is 0.000000640. The molecule has 0 bridgehead atoms. The molecule has 0 N–H and O–H groups in total. The Morgan fingerprint density at radius 2 is 1.56 bits per heavy atom. The van der Waals surface area contributed by atoms with E-state index in [1.54, 1.807) is 0 Å². The molecule has 0 saturated heterocycles. The smallest absolute Gasteiger partial charge is 0.780 e. The van der Waals surface area contributed by atoms with Crippen LogP contribution in [0.25, 0.3) is 0 Å². The second-order valence-corrected chi connectivity index (χ2v) is 2.84. The molecule has 0 radical (unpaired) electrons. The Labute approximate surface area is 90.9 Å². The van der Waals surface area contributed by atoms with Gasteiger partial charge in [0.1, 0.15) is 0 Å². The van der Waals surface area contributed by atoms with E-state index in [-0.39, 0.29) is 29.6 Å². The van der Waals surface area contributed by atoms with Crippen LogP contribution >= 0.6 is 15.9 Å². The molecule has 0 nitrogen and oxygen atoms in total. The van der Waals surface area contributed by atoms with Crippen LogP contribution in [0, 0.1) is 0 Å². The number of rotatable bonds is 0. The van der Waals surface area contributed by atoms with Crippen molar-refractivity contribution in [3.8, 4) is 0 Å². The van der Waals surface area contributed by atoms with Gasteiger partial charge in [-0.15, -0.1) is 0 Å². The van der Waals surface area contributed by atoms with Crippen LogP contribution in [-0.4, -0.2) is 0 Å². The molecule has 1 aromatic carbocycles. The average molecular weight is 211 g/mol. The van der Waals surface area contributed by atoms with Crippen molar-refractivity contribution in [1.82, 2.24) is 0 Å². The Bertz CT molecular complexity index is 152. The molecule has 0 fully saturated rings. The van der Waals surface area contributed by atoms with E-state index in [4.69, 9.17) is 12.6 Å². The van der Waals surface area contributed by atoms with Gasteiger partial charge in [-0.05, 0) is 12.1 Å². The first-order valence-corrected chi connectivity index (χ1v) is 3.42. The van der Waals surface area contributed by atoms with E-state index in [9.17, 15) is 0 Å². The van der Waals surface area contributed by atoms with Gasteiger partial charge in [0.25, 0.3) is 0 Å². The minimum atomic E-state index is 0. The van der Waals surface area contributed by atoms with Gasteiger partial charge in [0, 0.05) is 4.47 Å². The first kappa shape index (κ1) is 9.92. The summed E-state index contributed by atoms with van der Waals surface area (Å²) in [6.45, 7) is 0. The van der Waals surface area contributed by atoms with Gasteiger partial charge in [-0.3, -0.25) is 0 Å². The van der Waals surface area contributed by atoms with Gasteiger partial charge in [-0.2, -0.15) is 4.90 Å². The first-order valence-electron chi connectivity index (χ1n) is 2.21. The van der Waals surface area contributed by atoms with Gasteiger partial charge in [0.05, 0.1) is 0 Å². The summed E-state index contributed by atoms with van der Waals surface area (Å²) < 4.78 is 1.08. The molecule has 0 atom stereocenters. The summed E-state index contributed by atoms with van der Waals surface area (Å²) in [5.74, 6) is 0. The van der Waals surface area contributed by atoms with E-state index in [0.717, 1.165) is 9.37 Å². The third-order valence-corrected chi connectivity index (χ3v) is 1.61. The molecule has 0 aliphatic carbocycles. The minimum Gasteiger partial charge on any atom is -0.780 e. The molecule has 0 unspecified atom stereocenters. The van der Waals surface area contributed by atoms with Crippen LogP contribution in [0.4, 0.5) is 0 Å². The third kappa shape index (κ3) is 3.58. The molecule has 0 spiro atoms. The van der Waals surface area contributed by atoms with Crippen molar-refractivity contribution >= 4 is 28.6 Å². The van der Waals surface area contributed by atoms with Crippen molar-refractivity contribution in [2.24, 2.45) is 0 Å². The standard InChI is InChI=1S/C6H5BrS.Na/c7-5-1-3-6(8)4-2-5;/h1-4,8H;/q;+1/p-1. The Kier molecular flexibility index (Phi) is 5.17. The number of halogens is 1. The maximum absolute atomic E-state index is 4.85. The first-order chi connectivity index (χ1) is 3.79. The Morgan fingerprint density at radius 1 is 1.11 bits per heavy atom. The Morgan fingerprint density at radius 3 is 1.89 bits per heavy atom. The summed E-state index contributed by atoms with van der Waals surface area (Å²) in [6.07, 6.45) is 0. The predicted molar refractivity (Wildman–Crippen MR) is 39.8 cm³/mol. The van der Waals surface area contributed by atoms with Crippen molar-refractivity contribution in [2.45, 2.75) is 4.90 Å². The van der Waals surface area contributed by atoms with E-state index in [1.807, 2.05) is 24.3 Å². The normalized spacial score (nSPS) is 8.11. The van der Waals surface area contributed by atoms with Crippen LogP contribution in [0.3, 0.4) is 0 Å². The van der Waals surface area contributed by atoms with E-state index in [0.29, 0.717) is 0 Å². The van der Waals surface area contributed by atoms with Gasteiger partial charge >= 0.3 is 29.6 Å². The zero-order chi connectivity index (χ0) is 5.98. The van der Waals surface area contributed by atoms with Crippen LogP contribution in [-0.2, 0) is 12.6 Å². The quantitative estimate of drug-likeness (QED) is 0.406. The Hall–Kier alpha value is 0.920. The van der Waals surface area contributed by atoms with Gasteiger partial charge in [0.15, 0.2) is 0 Å². The molecule has 3 heteroatoms. The second-order valence-electron chi connectivity index (χ2n) is 1.45. The third-order valence-electron chi connectivity index (χ3n) is 0.814. The van der Waals surface area contributed by atoms with Gasteiger partial charge in [-0.25, -0.2) is 0 Å². The molecule has 9 heavy (non-hydrogen) atoms. The fourth-order valence-electron chi connectivity index (χ4n) is 0.435. The molecular weight excluding hydrogens is 207 g/mol. The fraction of sp³-hybridized carbons (Fsp3) is 0. The molecule has 0 saturated carbocycles. The van der Waals surface area contributed by atoms with Crippen molar-refractivity contribution in [1.29, 1.82) is 0 Å². The summed E-state index contributed by atoms with van der Waals surface area (Å²) in [7, 11) is 0. The molecule has 0 aliphatic rings. The minimum absolute atomic E-state index is 0. The van der Waals surface area contributed by atoms with Crippen LogP contribution < -0.4 is 29.6 Å². The second kappa shape index (κ2) is 4.69. The zero-order valence-corrected chi connectivity index (χ0v) is 9.50. The summed E-state index contributed by atoms with van der Waals surface area (Å²) in [5.41, 5.74) is 0. The molecular formula is C6H4BrNaS. The van der Waals surface area contributed by atoms with Crippen LogP contribution in [0.5, 0.6) is 0 Å². The summed E-state index contributed by atoms with van der Waals surface area (Å²) in [4.78, 5) is 0.883. The van der Waals surface area contributed by atoms with Gasteiger partial charge in [0.2, 0.25) is 0 Å². The van der Waals surface area contributed by atoms with E-state index in [1.165, 1.54) is 0 Å². The SMILES string of the molecule is [Na+].[S-]c1ccc(Br)cc1. The van der Waals surface area contributed by atoms with Crippen molar-refractivity contribution < 1.29 is 29.6 Å². The van der Waals surface area contributed by atoms with E-state index in [2.05, 4.69) is 15.9 Å². The molecule has 42 valence electrons. The summed E-state index contributed by atoms with van der Waals surface area (Å²) in [5, 5.41) is 0. The maximum Gasteiger partial charge on any atom is 1.00 e. The number of hydrogen-bond acceptors (Lipinski definition) is 1. The predicted octanol–water partition coefficient (Wildman–Crippen LogP) is -0.641. The van der Waals surface area contributed by atoms with Crippen molar-refractivity contribution in [3.63, 3.8) is 0 Å². The van der Waals surface area contributed by atoms with E-state index < -0.39 is 0 Å². The monoisotopic (exact) mass is 210 g/mol. The molecule has 0 aliphatic heterocycles. The van der Waals surface area contributed by atoms with Crippen LogP contribution in [0.1, 0.15) is 0 Å². The fourth-order valence-corrected chi connectivity index (χ4v) is 0.835. The summed E-state index contributed by atoms with van der Waals surface area (Å²) >= 11 is 8.15. The molecule has 0 heterocycles. The zero-order valence-electron chi connectivity index (χ0n) is 5.10. The average Bonchev–Trinajstić information content (AvgIpc) is 1.77. The van der Waals surface area contributed by atoms with Crippen LogP contribution in [0.2, 0.25) is 0 Å². The van der Waals surface area contributed by atoms with Gasteiger partial charge in [-0.1, -0.05) is 28.1 Å². The molecule has 1 rings (SSSR count). The maximum atomic E-state index is 4.85. The number of hydrogen-bond donors (Lipinski definition) is 0. The van der Waals surface area contributed by atoms with E-state index >= 15 is 0 Å². The van der Waals surface area contributed by atoms with Gasteiger partial charge < -0.3 is 12.6 Å². The topological polar surface area (TPSA) is 0 Å².